The van der Waals surface area contributed by atoms with Crippen molar-refractivity contribution in [2.24, 2.45) is 5.10 Å². The molecule has 0 aliphatic rings. The van der Waals surface area contributed by atoms with Crippen LogP contribution < -0.4 is 10.2 Å². The number of nitro groups is 1. The van der Waals surface area contributed by atoms with Crippen LogP contribution in [0.3, 0.4) is 0 Å². The van der Waals surface area contributed by atoms with Crippen molar-refractivity contribution in [3.63, 3.8) is 0 Å². The van der Waals surface area contributed by atoms with E-state index < -0.39 is 16.4 Å². The molecule has 0 unspecified atom stereocenters. The molecule has 2 N–H and O–H groups in total. The summed E-state index contributed by atoms with van der Waals surface area (Å²) < 4.78 is 4.88. The lowest BCUT2D eigenvalue weighted by Crippen LogP contribution is -2.19. The molecule has 0 saturated heterocycles. The van der Waals surface area contributed by atoms with Crippen LogP contribution in [0.15, 0.2) is 41.5 Å². The molecule has 2 aromatic carbocycles. The largest absolute Gasteiger partial charge is 0.500 e. The zero-order valence-electron chi connectivity index (χ0n) is 13.1. The van der Waals surface area contributed by atoms with E-state index in [1.165, 1.54) is 19.4 Å². The average molecular weight is 364 g/mol. The van der Waals surface area contributed by atoms with E-state index in [1.54, 1.807) is 24.3 Å². The number of phenolic OH excluding ortho intramolecular Hbond substituents is 1. The van der Waals surface area contributed by atoms with Crippen LogP contribution in [0.1, 0.15) is 11.1 Å². The molecule has 2 aromatic rings. The Balaban J connectivity index is 2.06. The molecule has 0 heterocycles. The first kappa shape index (κ1) is 18.2. The lowest BCUT2D eigenvalue weighted by atomic mass is 10.1. The highest BCUT2D eigenvalue weighted by Gasteiger charge is 2.19. The van der Waals surface area contributed by atoms with Gasteiger partial charge in [0.15, 0.2) is 5.75 Å². The number of carbonyl (C=O) groups is 1. The number of nitrogens with one attached hydrogen (secondary N) is 1. The smallest absolute Gasteiger partial charge is 0.315 e. The number of methoxy groups -OCH3 is 1. The van der Waals surface area contributed by atoms with Gasteiger partial charge in [0.1, 0.15) is 0 Å². The van der Waals surface area contributed by atoms with Crippen molar-refractivity contribution in [1.29, 1.82) is 0 Å². The second-order valence-corrected chi connectivity index (χ2v) is 5.38. The van der Waals surface area contributed by atoms with Crippen LogP contribution in [-0.2, 0) is 11.2 Å². The highest BCUT2D eigenvalue weighted by molar-refractivity contribution is 6.30. The van der Waals surface area contributed by atoms with Crippen LogP contribution in [-0.4, -0.2) is 29.3 Å². The Morgan fingerprint density at radius 3 is 2.68 bits per heavy atom. The van der Waals surface area contributed by atoms with Crippen LogP contribution >= 0.6 is 11.6 Å². The van der Waals surface area contributed by atoms with Crippen molar-refractivity contribution in [1.82, 2.24) is 5.43 Å². The Labute approximate surface area is 147 Å². The number of nitro benzene ring substituents is 1. The first-order valence-electron chi connectivity index (χ1n) is 7.02. The summed E-state index contributed by atoms with van der Waals surface area (Å²) in [4.78, 5) is 22.0. The maximum Gasteiger partial charge on any atom is 0.315 e. The lowest BCUT2D eigenvalue weighted by molar-refractivity contribution is -0.386. The van der Waals surface area contributed by atoms with Crippen molar-refractivity contribution < 1.29 is 19.6 Å². The number of amides is 1. The standard InChI is InChI=1S/C16H14ClN3O5/c1-25-14-7-11(6-13(16(14)22)20(23)24)9-18-19-15(21)8-10-2-4-12(17)5-3-10/h2-7,9,22H,8H2,1H3,(H,19,21)/b18-9-. The summed E-state index contributed by atoms with van der Waals surface area (Å²) >= 11 is 5.77. The van der Waals surface area contributed by atoms with E-state index in [0.717, 1.165) is 11.6 Å². The number of ether oxygens (including phenoxy) is 1. The highest BCUT2D eigenvalue weighted by Crippen LogP contribution is 2.36. The van der Waals surface area contributed by atoms with Gasteiger partial charge in [0.25, 0.3) is 0 Å². The van der Waals surface area contributed by atoms with Gasteiger partial charge in [-0.15, -0.1) is 0 Å². The van der Waals surface area contributed by atoms with E-state index >= 15 is 0 Å². The third kappa shape index (κ3) is 4.92. The van der Waals surface area contributed by atoms with Crippen molar-refractivity contribution in [3.05, 3.63) is 62.7 Å². The van der Waals surface area contributed by atoms with E-state index in [9.17, 15) is 20.0 Å². The van der Waals surface area contributed by atoms with Gasteiger partial charge in [0, 0.05) is 16.7 Å². The van der Waals surface area contributed by atoms with E-state index in [4.69, 9.17) is 16.3 Å². The number of benzene rings is 2. The van der Waals surface area contributed by atoms with Crippen molar-refractivity contribution in [2.75, 3.05) is 7.11 Å². The number of rotatable bonds is 6. The van der Waals surface area contributed by atoms with E-state index in [1.807, 2.05) is 0 Å². The Morgan fingerprint density at radius 2 is 2.08 bits per heavy atom. The molecule has 0 aromatic heterocycles. The first-order chi connectivity index (χ1) is 11.9. The molecular weight excluding hydrogens is 350 g/mol. The summed E-state index contributed by atoms with van der Waals surface area (Å²) in [6.45, 7) is 0. The fraction of sp³-hybridized carbons (Fsp3) is 0.125. The Hall–Kier alpha value is -3.13. The minimum absolute atomic E-state index is 0.0665. The maximum absolute atomic E-state index is 11.8. The Kier molecular flexibility index (Phi) is 5.91. The van der Waals surface area contributed by atoms with E-state index in [0.29, 0.717) is 5.02 Å². The fourth-order valence-electron chi connectivity index (χ4n) is 1.99. The molecule has 0 fully saturated rings. The SMILES string of the molecule is COc1cc(/C=N\NC(=O)Cc2ccc(Cl)cc2)cc([N+](=O)[O-])c1O. The van der Waals surface area contributed by atoms with Gasteiger partial charge >= 0.3 is 5.69 Å². The summed E-state index contributed by atoms with van der Waals surface area (Å²) in [5.74, 6) is -1.00. The quantitative estimate of drug-likeness (QED) is 0.465. The van der Waals surface area contributed by atoms with Crippen LogP contribution in [0.5, 0.6) is 11.5 Å². The fourth-order valence-corrected chi connectivity index (χ4v) is 2.12. The van der Waals surface area contributed by atoms with Crippen LogP contribution in [0.2, 0.25) is 5.02 Å². The number of nitrogens with zero attached hydrogens (tertiary/aromatic N) is 2. The molecule has 0 saturated carbocycles. The minimum Gasteiger partial charge on any atom is -0.500 e. The monoisotopic (exact) mass is 363 g/mol. The second kappa shape index (κ2) is 8.11. The molecule has 0 bridgehead atoms. The van der Waals surface area contributed by atoms with Crippen LogP contribution in [0.4, 0.5) is 5.69 Å². The number of hydrogen-bond donors (Lipinski definition) is 2. The molecule has 0 radical (unpaired) electrons. The van der Waals surface area contributed by atoms with Crippen molar-refractivity contribution in [3.8, 4) is 11.5 Å². The third-order valence-corrected chi connectivity index (χ3v) is 3.43. The molecule has 130 valence electrons. The molecular formula is C16H14ClN3O5. The molecule has 1 amide bonds. The van der Waals surface area contributed by atoms with Crippen LogP contribution in [0.25, 0.3) is 0 Å². The van der Waals surface area contributed by atoms with Crippen LogP contribution in [0, 0.1) is 10.1 Å². The number of halogens is 1. The van der Waals surface area contributed by atoms with Crippen molar-refractivity contribution in [2.45, 2.75) is 6.42 Å². The van der Waals surface area contributed by atoms with Gasteiger partial charge in [-0.2, -0.15) is 5.10 Å². The summed E-state index contributed by atoms with van der Waals surface area (Å²) in [6.07, 6.45) is 1.32. The number of phenols is 1. The highest BCUT2D eigenvalue weighted by atomic mass is 35.5. The maximum atomic E-state index is 11.8. The number of aromatic hydroxyl groups is 1. The molecule has 0 atom stereocenters. The number of carbonyl (C=O) groups excluding carboxylic acids is 1. The summed E-state index contributed by atoms with van der Waals surface area (Å²) in [7, 11) is 1.27. The van der Waals surface area contributed by atoms with Gasteiger partial charge < -0.3 is 9.84 Å². The molecule has 0 aliphatic carbocycles. The van der Waals surface area contributed by atoms with Gasteiger partial charge in [-0.25, -0.2) is 5.43 Å². The van der Waals surface area contributed by atoms with Crippen molar-refractivity contribution >= 4 is 29.4 Å². The predicted octanol–water partition coefficient (Wildman–Crippen LogP) is 2.66. The molecule has 2 rings (SSSR count). The average Bonchev–Trinajstić information content (AvgIpc) is 2.58. The zero-order chi connectivity index (χ0) is 18.4. The predicted molar refractivity (Wildman–Crippen MR) is 92.2 cm³/mol. The van der Waals surface area contributed by atoms with E-state index in [-0.39, 0.29) is 23.6 Å². The summed E-state index contributed by atoms with van der Waals surface area (Å²) in [5.41, 5.74) is 2.85. The van der Waals surface area contributed by atoms with E-state index in [2.05, 4.69) is 10.5 Å². The van der Waals surface area contributed by atoms with Gasteiger partial charge in [0.2, 0.25) is 11.7 Å². The molecule has 9 heteroatoms. The Morgan fingerprint density at radius 1 is 1.40 bits per heavy atom. The first-order valence-corrected chi connectivity index (χ1v) is 7.40. The normalized spacial score (nSPS) is 10.6. The molecule has 0 spiro atoms. The lowest BCUT2D eigenvalue weighted by Gasteiger charge is -2.05. The Bertz CT molecular complexity index is 821. The minimum atomic E-state index is -0.742. The zero-order valence-corrected chi connectivity index (χ0v) is 13.9. The third-order valence-electron chi connectivity index (χ3n) is 3.17. The van der Waals surface area contributed by atoms with Gasteiger partial charge in [-0.1, -0.05) is 23.7 Å². The summed E-state index contributed by atoms with van der Waals surface area (Å²) in [5, 5.41) is 24.9. The number of hydrazone groups is 1. The molecule has 25 heavy (non-hydrogen) atoms. The summed E-state index contributed by atoms with van der Waals surface area (Å²) in [6, 6.07) is 9.27. The second-order valence-electron chi connectivity index (χ2n) is 4.94. The number of hydrogen-bond acceptors (Lipinski definition) is 6. The van der Waals surface area contributed by atoms with Gasteiger partial charge in [-0.3, -0.25) is 14.9 Å². The van der Waals surface area contributed by atoms with Gasteiger partial charge in [-0.05, 0) is 23.8 Å². The topological polar surface area (TPSA) is 114 Å². The molecule has 0 aliphatic heterocycles. The molecule has 8 nitrogen and oxygen atoms in total. The van der Waals surface area contributed by atoms with Gasteiger partial charge in [0.05, 0.1) is 24.7 Å².